The summed E-state index contributed by atoms with van der Waals surface area (Å²) in [4.78, 5) is 6.44. The maximum atomic E-state index is 12.4. The summed E-state index contributed by atoms with van der Waals surface area (Å²) in [5.74, 6) is 0. The molecule has 0 saturated heterocycles. The van der Waals surface area contributed by atoms with E-state index in [0.29, 0.717) is 6.54 Å². The lowest BCUT2D eigenvalue weighted by atomic mass is 10.2. The minimum absolute atomic E-state index is 0.0984. The van der Waals surface area contributed by atoms with Crippen molar-refractivity contribution in [2.45, 2.75) is 36.8 Å². The Balaban J connectivity index is 2.29. The van der Waals surface area contributed by atoms with Crippen LogP contribution in [-0.2, 0) is 10.0 Å². The van der Waals surface area contributed by atoms with Gasteiger partial charge in [-0.2, -0.15) is 4.31 Å². The van der Waals surface area contributed by atoms with Gasteiger partial charge in [0.2, 0.25) is 0 Å². The van der Waals surface area contributed by atoms with Gasteiger partial charge in [-0.25, -0.2) is 13.4 Å². The Kier molecular flexibility index (Phi) is 3.63. The van der Waals surface area contributed by atoms with Gasteiger partial charge in [0.1, 0.15) is 0 Å². The minimum atomic E-state index is -3.46. The van der Waals surface area contributed by atoms with E-state index >= 15 is 0 Å². The van der Waals surface area contributed by atoms with Gasteiger partial charge < -0.3 is 4.98 Å². The third-order valence-corrected chi connectivity index (χ3v) is 4.94. The quantitative estimate of drug-likeness (QED) is 0.811. The fraction of sp³-hybridized carbons (Fsp3) is 0.545. The fourth-order valence-corrected chi connectivity index (χ4v) is 3.83. The molecule has 5 nitrogen and oxygen atoms in total. The van der Waals surface area contributed by atoms with Crippen LogP contribution in [0.25, 0.3) is 0 Å². The highest BCUT2D eigenvalue weighted by Crippen LogP contribution is 2.27. The topological polar surface area (TPSA) is 66.1 Å². The van der Waals surface area contributed by atoms with Gasteiger partial charge in [0, 0.05) is 12.6 Å². The van der Waals surface area contributed by atoms with Gasteiger partial charge in [-0.15, -0.1) is 6.58 Å². The standard InChI is InChI=1S/C11H17N3O2S/c1-2-7-14(10-5-3-4-6-10)17(15,16)11-8-12-9-13-11/h2,8-10H,1,3-7H2,(H,12,13). The van der Waals surface area contributed by atoms with Gasteiger partial charge >= 0.3 is 0 Å². The van der Waals surface area contributed by atoms with Crippen LogP contribution in [0.3, 0.4) is 0 Å². The molecule has 0 atom stereocenters. The largest absolute Gasteiger partial charge is 0.335 e. The van der Waals surface area contributed by atoms with Crippen molar-refractivity contribution in [1.82, 2.24) is 14.3 Å². The lowest BCUT2D eigenvalue weighted by Gasteiger charge is -2.25. The van der Waals surface area contributed by atoms with E-state index in [4.69, 9.17) is 0 Å². The molecule has 0 radical (unpaired) electrons. The Labute approximate surface area is 102 Å². The van der Waals surface area contributed by atoms with Crippen molar-refractivity contribution in [3.05, 3.63) is 25.2 Å². The predicted octanol–water partition coefficient (Wildman–Crippen LogP) is 1.53. The minimum Gasteiger partial charge on any atom is -0.335 e. The molecular weight excluding hydrogens is 238 g/mol. The van der Waals surface area contributed by atoms with E-state index in [1.165, 1.54) is 16.8 Å². The highest BCUT2D eigenvalue weighted by atomic mass is 32.2. The molecule has 1 aromatic rings. The van der Waals surface area contributed by atoms with Crippen LogP contribution in [0.15, 0.2) is 30.2 Å². The number of sulfonamides is 1. The zero-order chi connectivity index (χ0) is 12.3. The van der Waals surface area contributed by atoms with E-state index in [9.17, 15) is 8.42 Å². The second-order valence-corrected chi connectivity index (χ2v) is 6.08. The Morgan fingerprint density at radius 3 is 2.76 bits per heavy atom. The highest BCUT2D eigenvalue weighted by Gasteiger charge is 2.33. The summed E-state index contributed by atoms with van der Waals surface area (Å²) in [6.45, 7) is 3.99. The van der Waals surface area contributed by atoms with Crippen molar-refractivity contribution < 1.29 is 8.42 Å². The Morgan fingerprint density at radius 2 is 2.24 bits per heavy atom. The van der Waals surface area contributed by atoms with Crippen molar-refractivity contribution in [2.75, 3.05) is 6.54 Å². The molecule has 0 bridgehead atoms. The summed E-state index contributed by atoms with van der Waals surface area (Å²) < 4.78 is 26.3. The molecule has 1 heterocycles. The number of nitrogens with zero attached hydrogens (tertiary/aromatic N) is 2. The van der Waals surface area contributed by atoms with Crippen LogP contribution in [0.2, 0.25) is 0 Å². The van der Waals surface area contributed by atoms with Crippen LogP contribution >= 0.6 is 0 Å². The van der Waals surface area contributed by atoms with Gasteiger partial charge in [-0.3, -0.25) is 0 Å². The molecule has 0 spiro atoms. The average Bonchev–Trinajstić information content (AvgIpc) is 2.97. The fourth-order valence-electron chi connectivity index (χ4n) is 2.27. The molecule has 0 unspecified atom stereocenters. The highest BCUT2D eigenvalue weighted by molar-refractivity contribution is 7.89. The van der Waals surface area contributed by atoms with Crippen molar-refractivity contribution in [1.29, 1.82) is 0 Å². The first kappa shape index (κ1) is 12.3. The summed E-state index contributed by atoms with van der Waals surface area (Å²) in [5.41, 5.74) is 0. The van der Waals surface area contributed by atoms with E-state index in [0.717, 1.165) is 25.7 Å². The second-order valence-electron chi connectivity index (χ2n) is 4.22. The third kappa shape index (κ3) is 2.42. The second kappa shape index (κ2) is 5.01. The van der Waals surface area contributed by atoms with Gasteiger partial charge in [0.25, 0.3) is 10.0 Å². The molecule has 0 aromatic carbocycles. The number of imidazole rings is 1. The van der Waals surface area contributed by atoms with E-state index in [1.54, 1.807) is 6.08 Å². The molecule has 1 N–H and O–H groups in total. The first-order chi connectivity index (χ1) is 8.16. The van der Waals surface area contributed by atoms with Gasteiger partial charge in [0.05, 0.1) is 12.5 Å². The number of hydrogen-bond acceptors (Lipinski definition) is 3. The van der Waals surface area contributed by atoms with E-state index in [1.807, 2.05) is 0 Å². The average molecular weight is 255 g/mol. The zero-order valence-corrected chi connectivity index (χ0v) is 10.5. The normalized spacial score (nSPS) is 17.7. The molecule has 1 aliphatic carbocycles. The van der Waals surface area contributed by atoms with Crippen LogP contribution in [-0.4, -0.2) is 35.3 Å². The van der Waals surface area contributed by atoms with E-state index in [-0.39, 0.29) is 11.1 Å². The monoisotopic (exact) mass is 255 g/mol. The zero-order valence-electron chi connectivity index (χ0n) is 9.67. The molecule has 0 amide bonds. The van der Waals surface area contributed by atoms with Crippen molar-refractivity contribution in [2.24, 2.45) is 0 Å². The smallest absolute Gasteiger partial charge is 0.260 e. The summed E-state index contributed by atoms with van der Waals surface area (Å²) >= 11 is 0. The summed E-state index contributed by atoms with van der Waals surface area (Å²) in [6, 6.07) is 0.0984. The maximum absolute atomic E-state index is 12.4. The molecule has 0 aliphatic heterocycles. The van der Waals surface area contributed by atoms with Crippen molar-refractivity contribution >= 4 is 10.0 Å². The first-order valence-electron chi connectivity index (χ1n) is 5.77. The molecule has 17 heavy (non-hydrogen) atoms. The maximum Gasteiger partial charge on any atom is 0.260 e. The summed E-state index contributed by atoms with van der Waals surface area (Å²) in [5, 5.41) is 0.159. The molecule has 1 fully saturated rings. The number of aromatic nitrogens is 2. The van der Waals surface area contributed by atoms with Gasteiger partial charge in [0.15, 0.2) is 5.03 Å². The Morgan fingerprint density at radius 1 is 1.53 bits per heavy atom. The molecule has 2 rings (SSSR count). The number of nitrogens with one attached hydrogen (secondary N) is 1. The van der Waals surface area contributed by atoms with Gasteiger partial charge in [-0.1, -0.05) is 18.9 Å². The predicted molar refractivity (Wildman–Crippen MR) is 64.9 cm³/mol. The van der Waals surface area contributed by atoms with Crippen LogP contribution < -0.4 is 0 Å². The summed E-state index contributed by atoms with van der Waals surface area (Å²) in [6.07, 6.45) is 8.41. The van der Waals surface area contributed by atoms with Crippen molar-refractivity contribution in [3.63, 3.8) is 0 Å². The third-order valence-electron chi connectivity index (χ3n) is 3.10. The number of aromatic amines is 1. The number of hydrogen-bond donors (Lipinski definition) is 1. The van der Waals surface area contributed by atoms with Crippen LogP contribution in [0, 0.1) is 0 Å². The molecule has 1 saturated carbocycles. The first-order valence-corrected chi connectivity index (χ1v) is 7.21. The van der Waals surface area contributed by atoms with Crippen LogP contribution in [0.5, 0.6) is 0 Å². The molecule has 94 valence electrons. The SMILES string of the molecule is C=CCN(C1CCCC1)S(=O)(=O)c1cnc[nH]1. The lowest BCUT2D eigenvalue weighted by Crippen LogP contribution is -2.39. The summed E-state index contributed by atoms with van der Waals surface area (Å²) in [7, 11) is -3.46. The van der Waals surface area contributed by atoms with Gasteiger partial charge in [-0.05, 0) is 12.8 Å². The molecule has 6 heteroatoms. The Hall–Kier alpha value is -1.14. The van der Waals surface area contributed by atoms with E-state index in [2.05, 4.69) is 16.5 Å². The lowest BCUT2D eigenvalue weighted by molar-refractivity contribution is 0.346. The van der Waals surface area contributed by atoms with Crippen molar-refractivity contribution in [3.8, 4) is 0 Å². The van der Waals surface area contributed by atoms with E-state index < -0.39 is 10.0 Å². The number of H-pyrrole nitrogens is 1. The molecule has 1 aliphatic rings. The van der Waals surface area contributed by atoms with Crippen LogP contribution in [0.4, 0.5) is 0 Å². The number of rotatable bonds is 5. The molecular formula is C11H17N3O2S. The molecule has 1 aromatic heterocycles. The Bertz CT molecular complexity index is 461. The van der Waals surface area contributed by atoms with Crippen LogP contribution in [0.1, 0.15) is 25.7 Å².